The van der Waals surface area contributed by atoms with Crippen molar-refractivity contribution in [1.82, 2.24) is 19.9 Å². The van der Waals surface area contributed by atoms with Gasteiger partial charge in [-0.15, -0.1) is 0 Å². The number of fused-ring (bicyclic) bond motifs is 1. The minimum atomic E-state index is -0.0631. The number of imidazole rings is 1. The minimum absolute atomic E-state index is 0.00512. The van der Waals surface area contributed by atoms with Gasteiger partial charge in [0.2, 0.25) is 5.91 Å². The number of halogens is 1. The molecule has 0 radical (unpaired) electrons. The van der Waals surface area contributed by atoms with Gasteiger partial charge in [0.1, 0.15) is 6.10 Å². The summed E-state index contributed by atoms with van der Waals surface area (Å²) in [6.45, 7) is 5.44. The number of benzene rings is 1. The monoisotopic (exact) mass is 468 g/mol. The molecule has 0 spiro atoms. The number of aromatic amines is 1. The molecule has 5 rings (SSSR count). The molecule has 2 aliphatic rings. The molecule has 1 amide bonds. The first-order chi connectivity index (χ1) is 15.9. The van der Waals surface area contributed by atoms with E-state index < -0.39 is 0 Å². The Balaban J connectivity index is 1.30. The highest BCUT2D eigenvalue weighted by Crippen LogP contribution is 2.48. The van der Waals surface area contributed by atoms with E-state index in [0.717, 1.165) is 42.3 Å². The fourth-order valence-electron chi connectivity index (χ4n) is 4.54. The number of carbonyl (C=O) groups is 1. The van der Waals surface area contributed by atoms with Crippen LogP contribution in [0.15, 0.2) is 30.3 Å². The van der Waals surface area contributed by atoms with Crippen LogP contribution in [0, 0.1) is 5.92 Å². The van der Waals surface area contributed by atoms with Crippen LogP contribution in [0.5, 0.6) is 6.01 Å². The lowest BCUT2D eigenvalue weighted by Gasteiger charge is -2.32. The van der Waals surface area contributed by atoms with Crippen molar-refractivity contribution in [2.75, 3.05) is 19.7 Å². The van der Waals surface area contributed by atoms with Crippen molar-refractivity contribution in [2.24, 2.45) is 5.92 Å². The number of piperidine rings is 1. The third kappa shape index (κ3) is 4.32. The predicted molar refractivity (Wildman–Crippen MR) is 127 cm³/mol. The Labute approximate surface area is 198 Å². The fraction of sp³-hybridized carbons (Fsp3) is 0.480. The van der Waals surface area contributed by atoms with Crippen LogP contribution in [-0.4, -0.2) is 56.7 Å². The highest BCUT2D eigenvalue weighted by atomic mass is 35.5. The average Bonchev–Trinajstić information content (AvgIpc) is 3.53. The Hall–Kier alpha value is -2.64. The molecule has 1 saturated carbocycles. The Bertz CT molecular complexity index is 1160. The molecule has 7 nitrogen and oxygen atoms in total. The van der Waals surface area contributed by atoms with E-state index in [2.05, 4.69) is 27.1 Å². The van der Waals surface area contributed by atoms with Gasteiger partial charge in [-0.05, 0) is 24.5 Å². The summed E-state index contributed by atoms with van der Waals surface area (Å²) in [4.78, 5) is 26.5. The van der Waals surface area contributed by atoms with Crippen molar-refractivity contribution in [3.8, 4) is 17.3 Å². The van der Waals surface area contributed by atoms with Crippen molar-refractivity contribution in [3.63, 3.8) is 0 Å². The molecule has 0 atom stereocenters. The molecular weight excluding hydrogens is 440 g/mol. The average molecular weight is 469 g/mol. The second-order valence-electron chi connectivity index (χ2n) is 9.54. The van der Waals surface area contributed by atoms with E-state index in [9.17, 15) is 9.90 Å². The summed E-state index contributed by atoms with van der Waals surface area (Å²) in [5.41, 5.74) is 3.94. The molecular formula is C25H29ClN4O3. The smallest absolute Gasteiger partial charge is 0.296 e. The molecule has 2 fully saturated rings. The van der Waals surface area contributed by atoms with E-state index in [0.29, 0.717) is 35.5 Å². The first-order valence-electron chi connectivity index (χ1n) is 11.6. The molecule has 1 aromatic carbocycles. The van der Waals surface area contributed by atoms with Crippen molar-refractivity contribution < 1.29 is 14.6 Å². The number of hydrogen-bond acceptors (Lipinski definition) is 5. The zero-order valence-corrected chi connectivity index (χ0v) is 19.7. The van der Waals surface area contributed by atoms with Gasteiger partial charge >= 0.3 is 0 Å². The maximum Gasteiger partial charge on any atom is 0.296 e. The maximum absolute atomic E-state index is 12.2. The summed E-state index contributed by atoms with van der Waals surface area (Å²) in [5, 5.41) is 10.2. The first-order valence-corrected chi connectivity index (χ1v) is 12.0. The molecule has 174 valence electrons. The summed E-state index contributed by atoms with van der Waals surface area (Å²) >= 11 is 6.55. The summed E-state index contributed by atoms with van der Waals surface area (Å²) in [6.07, 6.45) is 3.60. The molecule has 2 N–H and O–H groups in total. The number of amides is 1. The number of nitrogens with one attached hydrogen (secondary N) is 1. The summed E-state index contributed by atoms with van der Waals surface area (Å²) in [5.74, 6) is 0.212. The first kappa shape index (κ1) is 22.2. The van der Waals surface area contributed by atoms with Crippen LogP contribution in [0.1, 0.15) is 45.1 Å². The molecule has 0 unspecified atom stereocenters. The molecule has 1 aliphatic heterocycles. The fourth-order valence-corrected chi connectivity index (χ4v) is 4.80. The van der Waals surface area contributed by atoms with Gasteiger partial charge in [0.25, 0.3) is 6.01 Å². The number of aliphatic hydroxyl groups is 1. The summed E-state index contributed by atoms with van der Waals surface area (Å²) < 4.78 is 6.08. The van der Waals surface area contributed by atoms with E-state index in [-0.39, 0.29) is 30.0 Å². The topological polar surface area (TPSA) is 91.3 Å². The Morgan fingerprint density at radius 2 is 1.94 bits per heavy atom. The van der Waals surface area contributed by atoms with Crippen LogP contribution in [0.4, 0.5) is 0 Å². The number of carbonyl (C=O) groups excluding carboxylic acids is 1. The lowest BCUT2D eigenvalue weighted by Crippen LogP contribution is -2.43. The Kier molecular flexibility index (Phi) is 5.79. The lowest BCUT2D eigenvalue weighted by molar-refractivity contribution is -0.136. The van der Waals surface area contributed by atoms with Crippen molar-refractivity contribution in [2.45, 2.75) is 51.0 Å². The SMILES string of the molecule is CC(C)C(=O)N1CCC(Oc2nc3nc(-c4ccc(C5(CO)CC5)cc4)c(Cl)cc3[nH]2)CC1. The quantitative estimate of drug-likeness (QED) is 0.562. The molecule has 1 aliphatic carbocycles. The second-order valence-corrected chi connectivity index (χ2v) is 9.95. The standard InChI is InChI=1S/C25H29ClN4O3/c1-15(2)23(32)30-11-7-18(8-12-30)33-24-27-20-13-19(26)21(28-22(20)29-24)16-3-5-17(6-4-16)25(14-31)9-10-25/h3-6,13,15,18,31H,7-12,14H2,1-2H3,(H,27,28,29). The molecule has 2 aromatic heterocycles. The number of hydrogen-bond donors (Lipinski definition) is 2. The van der Waals surface area contributed by atoms with Gasteiger partial charge in [0.15, 0.2) is 5.65 Å². The number of nitrogens with zero attached hydrogens (tertiary/aromatic N) is 3. The van der Waals surface area contributed by atoms with Gasteiger partial charge in [-0.3, -0.25) is 4.79 Å². The number of H-pyrrole nitrogens is 1. The van der Waals surface area contributed by atoms with Crippen LogP contribution in [-0.2, 0) is 10.2 Å². The van der Waals surface area contributed by atoms with Crippen molar-refractivity contribution >= 4 is 28.7 Å². The van der Waals surface area contributed by atoms with Crippen LogP contribution in [0.2, 0.25) is 5.02 Å². The van der Waals surface area contributed by atoms with E-state index >= 15 is 0 Å². The maximum atomic E-state index is 12.2. The number of ether oxygens (including phenoxy) is 1. The highest BCUT2D eigenvalue weighted by Gasteiger charge is 2.43. The molecule has 1 saturated heterocycles. The zero-order valence-electron chi connectivity index (χ0n) is 19.0. The van der Waals surface area contributed by atoms with Gasteiger partial charge in [0.05, 0.1) is 22.8 Å². The summed E-state index contributed by atoms with van der Waals surface area (Å²) in [7, 11) is 0. The van der Waals surface area contributed by atoms with Gasteiger partial charge in [-0.1, -0.05) is 49.7 Å². The number of rotatable bonds is 6. The molecule has 3 aromatic rings. The lowest BCUT2D eigenvalue weighted by atomic mass is 9.95. The zero-order chi connectivity index (χ0) is 23.2. The Morgan fingerprint density at radius 3 is 2.55 bits per heavy atom. The number of pyridine rings is 1. The molecule has 0 bridgehead atoms. The van der Waals surface area contributed by atoms with E-state index in [1.807, 2.05) is 36.9 Å². The number of aromatic nitrogens is 3. The Morgan fingerprint density at radius 1 is 1.24 bits per heavy atom. The molecule has 8 heteroatoms. The van der Waals surface area contributed by atoms with Gasteiger partial charge in [0, 0.05) is 42.8 Å². The predicted octanol–water partition coefficient (Wildman–Crippen LogP) is 4.33. The van der Waals surface area contributed by atoms with Crippen LogP contribution in [0.25, 0.3) is 22.4 Å². The third-order valence-corrected chi connectivity index (χ3v) is 7.15. The highest BCUT2D eigenvalue weighted by molar-refractivity contribution is 6.33. The molecule has 33 heavy (non-hydrogen) atoms. The second kappa shape index (κ2) is 8.61. The summed E-state index contributed by atoms with van der Waals surface area (Å²) in [6, 6.07) is 10.4. The normalized spacial score (nSPS) is 18.2. The third-order valence-electron chi connectivity index (χ3n) is 6.86. The van der Waals surface area contributed by atoms with Crippen LogP contribution >= 0.6 is 11.6 Å². The van der Waals surface area contributed by atoms with E-state index in [1.54, 1.807) is 0 Å². The van der Waals surface area contributed by atoms with Gasteiger partial charge < -0.3 is 19.7 Å². The van der Waals surface area contributed by atoms with Gasteiger partial charge in [-0.25, -0.2) is 4.98 Å². The minimum Gasteiger partial charge on any atom is -0.461 e. The van der Waals surface area contributed by atoms with Crippen LogP contribution < -0.4 is 4.74 Å². The van der Waals surface area contributed by atoms with Crippen LogP contribution in [0.3, 0.4) is 0 Å². The van der Waals surface area contributed by atoms with E-state index in [1.165, 1.54) is 0 Å². The van der Waals surface area contributed by atoms with Crippen molar-refractivity contribution in [3.05, 3.63) is 40.9 Å². The van der Waals surface area contributed by atoms with E-state index in [4.69, 9.17) is 16.3 Å². The molecule has 3 heterocycles. The van der Waals surface area contributed by atoms with Crippen molar-refractivity contribution in [1.29, 1.82) is 0 Å². The largest absolute Gasteiger partial charge is 0.461 e. The number of aliphatic hydroxyl groups excluding tert-OH is 1. The number of likely N-dealkylation sites (tertiary alicyclic amines) is 1. The van der Waals surface area contributed by atoms with Gasteiger partial charge in [-0.2, -0.15) is 4.98 Å².